The SMILES string of the molecule is CCOC(/C=C\CC(CCNC)N(CCN(C)C)C(=O)Cc1ccc(C(F)(F)F)c(P)c1)=C/C=C/NC(=O)C1(C)CC=CC=C1N. The second-order valence-electron chi connectivity index (χ2n) is 11.6. The molecular weight excluding hydrogens is 614 g/mol. The summed E-state index contributed by atoms with van der Waals surface area (Å²) in [6, 6.07) is 3.64. The average Bonchev–Trinajstić information content (AvgIpc) is 2.98. The van der Waals surface area contributed by atoms with E-state index in [-0.39, 0.29) is 29.6 Å². The van der Waals surface area contributed by atoms with E-state index < -0.39 is 17.2 Å². The van der Waals surface area contributed by atoms with E-state index in [0.29, 0.717) is 62.5 Å². The van der Waals surface area contributed by atoms with Gasteiger partial charge in [-0.15, -0.1) is 9.24 Å². The molecule has 254 valence electrons. The van der Waals surface area contributed by atoms with Gasteiger partial charge in [-0.1, -0.05) is 30.4 Å². The molecule has 1 aliphatic carbocycles. The molecule has 12 heteroatoms. The molecule has 2 amide bonds. The predicted molar refractivity (Wildman–Crippen MR) is 182 cm³/mol. The minimum atomic E-state index is -4.46. The lowest BCUT2D eigenvalue weighted by Gasteiger charge is -2.33. The Bertz CT molecular complexity index is 1320. The fourth-order valence-electron chi connectivity index (χ4n) is 4.87. The maximum Gasteiger partial charge on any atom is 0.417 e. The minimum absolute atomic E-state index is 0.00980. The fraction of sp³-hybridized carbons (Fsp3) is 0.471. The van der Waals surface area contributed by atoms with Gasteiger partial charge >= 0.3 is 6.18 Å². The summed E-state index contributed by atoms with van der Waals surface area (Å²) in [4.78, 5) is 30.2. The molecule has 2 rings (SSSR count). The van der Waals surface area contributed by atoms with Crippen LogP contribution in [0.3, 0.4) is 0 Å². The molecule has 0 saturated heterocycles. The topological polar surface area (TPSA) is 99.9 Å². The number of alkyl halides is 3. The zero-order valence-electron chi connectivity index (χ0n) is 27.5. The summed E-state index contributed by atoms with van der Waals surface area (Å²) in [5.74, 6) is 0.219. The molecule has 8 nitrogen and oxygen atoms in total. The van der Waals surface area contributed by atoms with E-state index >= 15 is 0 Å². The van der Waals surface area contributed by atoms with Crippen LogP contribution >= 0.6 is 9.24 Å². The normalized spacial score (nSPS) is 17.9. The first-order valence-electron chi connectivity index (χ1n) is 15.4. The van der Waals surface area contributed by atoms with Crippen LogP contribution in [-0.4, -0.2) is 75.0 Å². The van der Waals surface area contributed by atoms with Crippen molar-refractivity contribution in [3.8, 4) is 0 Å². The Kier molecular flexibility index (Phi) is 15.7. The Morgan fingerprint density at radius 3 is 2.59 bits per heavy atom. The molecule has 0 saturated carbocycles. The molecule has 1 aliphatic rings. The van der Waals surface area contributed by atoms with E-state index in [4.69, 9.17) is 10.5 Å². The highest BCUT2D eigenvalue weighted by molar-refractivity contribution is 7.27. The number of likely N-dealkylation sites (N-methyl/N-ethyl adjacent to an activating group) is 1. The van der Waals surface area contributed by atoms with Crippen molar-refractivity contribution in [3.05, 3.63) is 89.5 Å². The summed E-state index contributed by atoms with van der Waals surface area (Å²) < 4.78 is 45.6. The number of hydrogen-bond acceptors (Lipinski definition) is 6. The van der Waals surface area contributed by atoms with Crippen molar-refractivity contribution < 1.29 is 27.5 Å². The van der Waals surface area contributed by atoms with Gasteiger partial charge in [0.1, 0.15) is 5.76 Å². The van der Waals surface area contributed by atoms with Crippen molar-refractivity contribution in [3.63, 3.8) is 0 Å². The monoisotopic (exact) mass is 663 g/mol. The van der Waals surface area contributed by atoms with Crippen LogP contribution in [0, 0.1) is 5.41 Å². The van der Waals surface area contributed by atoms with Gasteiger partial charge in [0, 0.05) is 31.0 Å². The van der Waals surface area contributed by atoms with Gasteiger partial charge in [-0.05, 0) is 102 Å². The highest BCUT2D eigenvalue weighted by atomic mass is 31.0. The molecule has 0 aliphatic heterocycles. The van der Waals surface area contributed by atoms with Crippen LogP contribution in [0.5, 0.6) is 0 Å². The molecule has 1 aromatic carbocycles. The van der Waals surface area contributed by atoms with Crippen molar-refractivity contribution in [2.24, 2.45) is 11.1 Å². The summed E-state index contributed by atoms with van der Waals surface area (Å²) in [5.41, 5.74) is 5.55. The minimum Gasteiger partial charge on any atom is -0.494 e. The van der Waals surface area contributed by atoms with Gasteiger partial charge in [0.05, 0.1) is 24.0 Å². The van der Waals surface area contributed by atoms with Gasteiger partial charge in [0.25, 0.3) is 0 Å². The van der Waals surface area contributed by atoms with Crippen LogP contribution in [0.15, 0.2) is 78.4 Å². The maximum absolute atomic E-state index is 13.6. The van der Waals surface area contributed by atoms with Crippen molar-refractivity contribution >= 4 is 26.4 Å². The van der Waals surface area contributed by atoms with Gasteiger partial charge in [0.2, 0.25) is 11.8 Å². The maximum atomic E-state index is 13.6. The van der Waals surface area contributed by atoms with Crippen LogP contribution in [0.2, 0.25) is 0 Å². The molecule has 0 bridgehead atoms. The summed E-state index contributed by atoms with van der Waals surface area (Å²) in [7, 11) is 7.82. The number of ether oxygens (including phenoxy) is 1. The van der Waals surface area contributed by atoms with E-state index in [1.165, 1.54) is 12.1 Å². The number of benzene rings is 1. The molecule has 0 fully saturated rings. The predicted octanol–water partition coefficient (Wildman–Crippen LogP) is 4.42. The summed E-state index contributed by atoms with van der Waals surface area (Å²) in [5, 5.41) is 5.95. The van der Waals surface area contributed by atoms with Gasteiger partial charge in [0.15, 0.2) is 0 Å². The summed E-state index contributed by atoms with van der Waals surface area (Å²) >= 11 is 0. The van der Waals surface area contributed by atoms with Gasteiger partial charge in [-0.2, -0.15) is 13.2 Å². The average molecular weight is 664 g/mol. The summed E-state index contributed by atoms with van der Waals surface area (Å²) in [6.45, 7) is 5.88. The lowest BCUT2D eigenvalue weighted by molar-refractivity contribution is -0.136. The van der Waals surface area contributed by atoms with Crippen molar-refractivity contribution in [2.75, 3.05) is 47.4 Å². The van der Waals surface area contributed by atoms with E-state index in [0.717, 1.165) is 6.07 Å². The lowest BCUT2D eigenvalue weighted by Crippen LogP contribution is -2.45. The Balaban J connectivity index is 2.20. The number of carbonyl (C=O) groups excluding carboxylic acids is 2. The van der Waals surface area contributed by atoms with Crippen LogP contribution in [0.4, 0.5) is 13.2 Å². The van der Waals surface area contributed by atoms with E-state index in [9.17, 15) is 22.8 Å². The molecule has 0 radical (unpaired) electrons. The molecule has 0 heterocycles. The highest BCUT2D eigenvalue weighted by Crippen LogP contribution is 2.31. The van der Waals surface area contributed by atoms with Crippen molar-refractivity contribution in [2.45, 2.75) is 51.7 Å². The van der Waals surface area contributed by atoms with Crippen molar-refractivity contribution in [1.29, 1.82) is 0 Å². The Morgan fingerprint density at radius 1 is 1.24 bits per heavy atom. The first-order chi connectivity index (χ1) is 21.7. The number of allylic oxidation sites excluding steroid dienone is 6. The number of nitrogens with one attached hydrogen (secondary N) is 2. The van der Waals surface area contributed by atoms with Crippen molar-refractivity contribution in [1.82, 2.24) is 20.4 Å². The van der Waals surface area contributed by atoms with Crippen LogP contribution in [0.25, 0.3) is 0 Å². The highest BCUT2D eigenvalue weighted by Gasteiger charge is 2.35. The molecular formula is C34H49F3N5O3P. The molecule has 1 aromatic rings. The summed E-state index contributed by atoms with van der Waals surface area (Å²) in [6.07, 6.45) is 11.5. The van der Waals surface area contributed by atoms with Crippen LogP contribution < -0.4 is 21.7 Å². The number of nitrogens with two attached hydrogens (primary N) is 1. The third-order valence-electron chi connectivity index (χ3n) is 7.70. The third kappa shape index (κ3) is 12.1. The molecule has 3 unspecified atom stereocenters. The van der Waals surface area contributed by atoms with Crippen LogP contribution in [0.1, 0.15) is 44.2 Å². The third-order valence-corrected chi connectivity index (χ3v) is 8.18. The molecule has 0 aromatic heterocycles. The first kappa shape index (κ1) is 38.8. The number of carbonyl (C=O) groups is 2. The molecule has 3 atom stereocenters. The number of hydrogen-bond donors (Lipinski definition) is 3. The second kappa shape index (κ2) is 18.7. The zero-order valence-corrected chi connectivity index (χ0v) is 28.6. The van der Waals surface area contributed by atoms with E-state index in [2.05, 4.69) is 19.9 Å². The van der Waals surface area contributed by atoms with Gasteiger partial charge < -0.3 is 30.9 Å². The van der Waals surface area contributed by atoms with Crippen LogP contribution in [-0.2, 0) is 26.9 Å². The zero-order chi connectivity index (χ0) is 34.3. The van der Waals surface area contributed by atoms with Gasteiger partial charge in [-0.25, -0.2) is 0 Å². The first-order valence-corrected chi connectivity index (χ1v) is 15.9. The van der Waals surface area contributed by atoms with E-state index in [1.807, 2.05) is 62.2 Å². The molecule has 4 N–H and O–H groups in total. The molecule has 0 spiro atoms. The molecule has 46 heavy (non-hydrogen) atoms. The second-order valence-corrected chi connectivity index (χ2v) is 12.2. The smallest absolute Gasteiger partial charge is 0.417 e. The number of rotatable bonds is 17. The number of nitrogens with zero attached hydrogens (tertiary/aromatic N) is 2. The fourth-order valence-corrected chi connectivity index (χ4v) is 5.35. The number of halogens is 3. The Morgan fingerprint density at radius 2 is 1.98 bits per heavy atom. The largest absolute Gasteiger partial charge is 0.494 e. The Hall–Kier alpha value is -3.40. The standard InChI is InChI=1S/C34H49F3N5O3P/c1-6-45-27(13-10-19-40-32(44)33(2)18-8-7-14-30(33)38)12-9-11-26(17-20-39-3)42(22-21-41(4)5)31(43)24-25-15-16-28(29(46)23-25)34(35,36)37/h7-10,12-16,19,23,26,39H,6,11,17-18,20-22,24,38,46H2,1-5H3,(H,40,44)/b12-9-,19-10+,27-13+. The quantitative estimate of drug-likeness (QED) is 0.130. The lowest BCUT2D eigenvalue weighted by atomic mass is 9.80. The number of amides is 2. The van der Waals surface area contributed by atoms with E-state index in [1.54, 1.807) is 31.4 Å². The Labute approximate surface area is 273 Å². The van der Waals surface area contributed by atoms with Gasteiger partial charge in [-0.3, -0.25) is 9.59 Å².